The summed E-state index contributed by atoms with van der Waals surface area (Å²) in [6, 6.07) is 6.38. The van der Waals surface area contributed by atoms with Crippen LogP contribution in [0.1, 0.15) is 19.4 Å². The van der Waals surface area contributed by atoms with Gasteiger partial charge in [0.1, 0.15) is 22.8 Å². The van der Waals surface area contributed by atoms with Gasteiger partial charge >= 0.3 is 0 Å². The number of anilines is 2. The van der Waals surface area contributed by atoms with Gasteiger partial charge in [0.15, 0.2) is 0 Å². The number of nitrogens with one attached hydrogen (secondary N) is 1. The molecule has 4 rings (SSSR count). The minimum Gasteiger partial charge on any atom is -0.348 e. The second kappa shape index (κ2) is 7.81. The Bertz CT molecular complexity index is 977. The maximum Gasteiger partial charge on any atom is 0.239 e. The number of aromatic nitrogens is 3. The molecule has 3 aromatic rings. The zero-order chi connectivity index (χ0) is 19.7. The second-order valence-electron chi connectivity index (χ2n) is 7.35. The second-order valence-corrected chi connectivity index (χ2v) is 8.25. The average Bonchev–Trinajstić information content (AvgIpc) is 3.12. The summed E-state index contributed by atoms with van der Waals surface area (Å²) in [7, 11) is 0. The van der Waals surface area contributed by atoms with Crippen LogP contribution in [0.4, 0.5) is 11.6 Å². The van der Waals surface area contributed by atoms with Gasteiger partial charge in [-0.25, -0.2) is 15.0 Å². The predicted octanol–water partition coefficient (Wildman–Crippen LogP) is 2.93. The summed E-state index contributed by atoms with van der Waals surface area (Å²) in [5.41, 5.74) is 0.964. The number of pyridine rings is 1. The lowest BCUT2D eigenvalue weighted by atomic mass is 10.1. The van der Waals surface area contributed by atoms with Gasteiger partial charge in [0, 0.05) is 31.4 Å². The quantitative estimate of drug-likeness (QED) is 0.731. The normalized spacial score (nSPS) is 20.5. The Morgan fingerprint density at radius 1 is 1.21 bits per heavy atom. The number of nitrogens with zero attached hydrogens (tertiary/aromatic N) is 5. The van der Waals surface area contributed by atoms with Crippen LogP contribution in [0.5, 0.6) is 0 Å². The van der Waals surface area contributed by atoms with Crippen molar-refractivity contribution in [1.29, 1.82) is 0 Å². The van der Waals surface area contributed by atoms with E-state index < -0.39 is 0 Å². The van der Waals surface area contributed by atoms with Crippen molar-refractivity contribution in [3.05, 3.63) is 41.7 Å². The van der Waals surface area contributed by atoms with E-state index in [9.17, 15) is 4.79 Å². The zero-order valence-corrected chi connectivity index (χ0v) is 17.1. The molecule has 8 heteroatoms. The first-order valence-electron chi connectivity index (χ1n) is 9.43. The van der Waals surface area contributed by atoms with Crippen LogP contribution in [0.25, 0.3) is 10.2 Å². The van der Waals surface area contributed by atoms with Crippen LogP contribution in [0.2, 0.25) is 0 Å². The number of amides is 1. The van der Waals surface area contributed by atoms with Gasteiger partial charge in [-0.05, 0) is 43.8 Å². The number of thiophene rings is 1. The van der Waals surface area contributed by atoms with Gasteiger partial charge in [0.25, 0.3) is 0 Å². The largest absolute Gasteiger partial charge is 0.348 e. The van der Waals surface area contributed by atoms with Gasteiger partial charge in [0.2, 0.25) is 5.91 Å². The Morgan fingerprint density at radius 2 is 2.00 bits per heavy atom. The summed E-state index contributed by atoms with van der Waals surface area (Å²) in [5.74, 6) is 1.59. The molecule has 1 aliphatic heterocycles. The fraction of sp³-hybridized carbons (Fsp3) is 0.400. The van der Waals surface area contributed by atoms with Crippen molar-refractivity contribution >= 4 is 39.1 Å². The van der Waals surface area contributed by atoms with Crippen molar-refractivity contribution in [1.82, 2.24) is 19.9 Å². The number of rotatable bonds is 4. The van der Waals surface area contributed by atoms with Gasteiger partial charge in [-0.2, -0.15) is 0 Å². The topological polar surface area (TPSA) is 74.2 Å². The number of carbonyl (C=O) groups excluding carboxylic acids is 1. The summed E-state index contributed by atoms with van der Waals surface area (Å²) in [6.45, 7) is 8.27. The number of hydrogen-bond acceptors (Lipinski definition) is 7. The van der Waals surface area contributed by atoms with Crippen LogP contribution >= 0.6 is 11.3 Å². The van der Waals surface area contributed by atoms with Gasteiger partial charge in [-0.15, -0.1) is 11.3 Å². The molecule has 2 atom stereocenters. The fourth-order valence-corrected chi connectivity index (χ4v) is 4.68. The van der Waals surface area contributed by atoms with Gasteiger partial charge in [-0.3, -0.25) is 9.69 Å². The Morgan fingerprint density at radius 3 is 2.75 bits per heavy atom. The molecule has 0 aromatic carbocycles. The van der Waals surface area contributed by atoms with Crippen LogP contribution in [0.3, 0.4) is 0 Å². The van der Waals surface area contributed by atoms with E-state index in [1.165, 1.54) is 0 Å². The molecule has 0 saturated carbocycles. The molecule has 1 saturated heterocycles. The third-order valence-corrected chi connectivity index (χ3v) is 5.94. The van der Waals surface area contributed by atoms with Crippen molar-refractivity contribution in [3.63, 3.8) is 0 Å². The Balaban J connectivity index is 1.44. The third-order valence-electron chi connectivity index (χ3n) is 5.11. The molecular weight excluding hydrogens is 372 g/mol. The van der Waals surface area contributed by atoms with Crippen molar-refractivity contribution in [3.8, 4) is 0 Å². The average molecular weight is 397 g/mol. The van der Waals surface area contributed by atoms with Crippen LogP contribution in [0, 0.1) is 6.92 Å². The molecule has 3 aromatic heterocycles. The van der Waals surface area contributed by atoms with E-state index in [2.05, 4.69) is 55.4 Å². The molecule has 1 aliphatic rings. The maximum atomic E-state index is 12.5. The van der Waals surface area contributed by atoms with E-state index in [0.29, 0.717) is 12.4 Å². The van der Waals surface area contributed by atoms with Crippen molar-refractivity contribution in [2.24, 2.45) is 0 Å². The molecule has 7 nitrogen and oxygen atoms in total. The Kier molecular flexibility index (Phi) is 5.23. The number of hydrogen-bond donors (Lipinski definition) is 1. The molecule has 1 fully saturated rings. The van der Waals surface area contributed by atoms with Crippen LogP contribution in [-0.4, -0.2) is 57.5 Å². The van der Waals surface area contributed by atoms with Crippen molar-refractivity contribution in [2.75, 3.05) is 29.9 Å². The first-order valence-corrected chi connectivity index (χ1v) is 10.3. The van der Waals surface area contributed by atoms with E-state index in [4.69, 9.17) is 0 Å². The van der Waals surface area contributed by atoms with Gasteiger partial charge in [0.05, 0.1) is 11.9 Å². The molecule has 0 bridgehead atoms. The van der Waals surface area contributed by atoms with Crippen LogP contribution in [0.15, 0.2) is 36.1 Å². The van der Waals surface area contributed by atoms with Crippen molar-refractivity contribution < 1.29 is 4.79 Å². The lowest BCUT2D eigenvalue weighted by Gasteiger charge is -2.45. The highest BCUT2D eigenvalue weighted by Crippen LogP contribution is 2.31. The first kappa shape index (κ1) is 18.8. The first-order chi connectivity index (χ1) is 13.5. The van der Waals surface area contributed by atoms with E-state index in [-0.39, 0.29) is 18.0 Å². The summed E-state index contributed by atoms with van der Waals surface area (Å²) >= 11 is 1.63. The number of piperazine rings is 1. The molecule has 0 spiro atoms. The van der Waals surface area contributed by atoms with Crippen molar-refractivity contribution in [2.45, 2.75) is 32.9 Å². The molecule has 1 N–H and O–H groups in total. The fourth-order valence-electron chi connectivity index (χ4n) is 3.95. The number of carbonyl (C=O) groups is 1. The number of aryl methyl sites for hydroxylation is 1. The monoisotopic (exact) mass is 396 g/mol. The Hall–Kier alpha value is -2.58. The van der Waals surface area contributed by atoms with E-state index in [1.54, 1.807) is 23.9 Å². The highest BCUT2D eigenvalue weighted by Gasteiger charge is 2.32. The minimum absolute atomic E-state index is 0.0306. The van der Waals surface area contributed by atoms with Crippen LogP contribution in [-0.2, 0) is 4.79 Å². The molecular formula is C20H24N6OS. The smallest absolute Gasteiger partial charge is 0.239 e. The van der Waals surface area contributed by atoms with E-state index in [1.807, 2.05) is 19.1 Å². The Labute approximate surface area is 168 Å². The standard InChI is InChI=1S/C20H24N6OS/c1-13-5-4-7-21-18(13)24-17(27)11-25-9-14(2)26(15(3)10-25)19-16-6-8-28-20(16)23-12-22-19/h4-8,12,14-15H,9-11H2,1-3H3,(H,21,24,27)/t14-,15+. The molecule has 0 radical (unpaired) electrons. The summed E-state index contributed by atoms with van der Waals surface area (Å²) < 4.78 is 0. The highest BCUT2D eigenvalue weighted by atomic mass is 32.1. The zero-order valence-electron chi connectivity index (χ0n) is 16.3. The minimum atomic E-state index is -0.0306. The maximum absolute atomic E-state index is 12.5. The van der Waals surface area contributed by atoms with E-state index >= 15 is 0 Å². The predicted molar refractivity (Wildman–Crippen MR) is 113 cm³/mol. The summed E-state index contributed by atoms with van der Waals surface area (Å²) in [4.78, 5) is 31.3. The lowest BCUT2D eigenvalue weighted by Crippen LogP contribution is -2.58. The number of fused-ring (bicyclic) bond motifs is 1. The molecule has 0 aliphatic carbocycles. The SMILES string of the molecule is Cc1cccnc1NC(=O)CN1C[C@@H](C)N(c2ncnc3sccc23)[C@@H](C)C1. The molecule has 1 amide bonds. The van der Waals surface area contributed by atoms with Gasteiger partial charge < -0.3 is 10.2 Å². The van der Waals surface area contributed by atoms with Crippen LogP contribution < -0.4 is 10.2 Å². The molecule has 0 unspecified atom stereocenters. The van der Waals surface area contributed by atoms with E-state index in [0.717, 1.165) is 34.7 Å². The third kappa shape index (κ3) is 3.70. The lowest BCUT2D eigenvalue weighted by molar-refractivity contribution is -0.117. The molecule has 28 heavy (non-hydrogen) atoms. The molecule has 4 heterocycles. The summed E-state index contributed by atoms with van der Waals surface area (Å²) in [5, 5.41) is 6.08. The summed E-state index contributed by atoms with van der Waals surface area (Å²) in [6.07, 6.45) is 3.33. The molecule has 146 valence electrons. The van der Waals surface area contributed by atoms with Gasteiger partial charge in [-0.1, -0.05) is 6.07 Å². The highest BCUT2D eigenvalue weighted by molar-refractivity contribution is 7.16.